The van der Waals surface area contributed by atoms with Gasteiger partial charge in [0.1, 0.15) is 11.7 Å². The molecule has 0 atom stereocenters. The fraction of sp³-hybridized carbons (Fsp3) is 0.545. The van der Waals surface area contributed by atoms with Crippen LogP contribution in [0, 0.1) is 11.3 Å². The third kappa shape index (κ3) is 4.15. The first kappa shape index (κ1) is 13.0. The van der Waals surface area contributed by atoms with Gasteiger partial charge in [-0.1, -0.05) is 0 Å². The lowest BCUT2D eigenvalue weighted by molar-refractivity contribution is 0.0283. The molecule has 0 aliphatic heterocycles. The molecule has 92 valence electrons. The molecule has 0 radical (unpaired) electrons. The standard InChI is InChI=1S/C11H16N4O2/c1-11(2,3)17-10(16)15(4)7-9-5-8(6-12)13-14-9/h5H,7H2,1-4H3,(H,13,14). The number of rotatable bonds is 2. The molecule has 0 aliphatic carbocycles. The Hall–Kier alpha value is -2.03. The number of amides is 1. The lowest BCUT2D eigenvalue weighted by Gasteiger charge is -2.24. The zero-order chi connectivity index (χ0) is 13.1. The topological polar surface area (TPSA) is 82.0 Å². The fourth-order valence-corrected chi connectivity index (χ4v) is 1.16. The lowest BCUT2D eigenvalue weighted by Crippen LogP contribution is -2.33. The first-order chi connectivity index (χ1) is 7.81. The van der Waals surface area contributed by atoms with Crippen LogP contribution in [-0.2, 0) is 11.3 Å². The maximum Gasteiger partial charge on any atom is 0.410 e. The highest BCUT2D eigenvalue weighted by Crippen LogP contribution is 2.10. The highest BCUT2D eigenvalue weighted by Gasteiger charge is 2.19. The van der Waals surface area contributed by atoms with Gasteiger partial charge >= 0.3 is 6.09 Å². The summed E-state index contributed by atoms with van der Waals surface area (Å²) in [5, 5.41) is 15.0. The molecule has 1 aromatic heterocycles. The maximum atomic E-state index is 11.6. The van der Waals surface area contributed by atoms with E-state index in [1.807, 2.05) is 26.8 Å². The first-order valence-electron chi connectivity index (χ1n) is 5.20. The summed E-state index contributed by atoms with van der Waals surface area (Å²) in [6.45, 7) is 5.75. The van der Waals surface area contributed by atoms with Gasteiger partial charge in [0.2, 0.25) is 0 Å². The molecule has 1 aromatic rings. The summed E-state index contributed by atoms with van der Waals surface area (Å²) < 4.78 is 5.19. The summed E-state index contributed by atoms with van der Waals surface area (Å²) in [5.41, 5.74) is 0.476. The predicted octanol–water partition coefficient (Wildman–Crippen LogP) is 1.65. The Kier molecular flexibility index (Phi) is 3.73. The molecule has 0 aliphatic rings. The molecule has 0 bridgehead atoms. The van der Waals surface area contributed by atoms with E-state index in [2.05, 4.69) is 10.2 Å². The summed E-state index contributed by atoms with van der Waals surface area (Å²) in [6.07, 6.45) is -0.411. The van der Waals surface area contributed by atoms with Gasteiger partial charge in [0.05, 0.1) is 12.2 Å². The Bertz CT molecular complexity index is 439. The van der Waals surface area contributed by atoms with E-state index in [9.17, 15) is 4.79 Å². The van der Waals surface area contributed by atoms with Crippen LogP contribution in [-0.4, -0.2) is 33.8 Å². The normalized spacial score (nSPS) is 10.8. The van der Waals surface area contributed by atoms with Gasteiger partial charge in [-0.05, 0) is 26.8 Å². The third-order valence-corrected chi connectivity index (χ3v) is 1.86. The molecule has 0 aromatic carbocycles. The predicted molar refractivity (Wildman–Crippen MR) is 61.0 cm³/mol. The average molecular weight is 236 g/mol. The van der Waals surface area contributed by atoms with Gasteiger partial charge in [-0.15, -0.1) is 0 Å². The van der Waals surface area contributed by atoms with E-state index >= 15 is 0 Å². The van der Waals surface area contributed by atoms with Crippen LogP contribution in [0.2, 0.25) is 0 Å². The Labute approximate surface area is 100 Å². The SMILES string of the molecule is CN(Cc1cc(C#N)n[nH]1)C(=O)OC(C)(C)C. The van der Waals surface area contributed by atoms with Gasteiger partial charge in [0.25, 0.3) is 0 Å². The van der Waals surface area contributed by atoms with Crippen LogP contribution in [0.5, 0.6) is 0 Å². The van der Waals surface area contributed by atoms with Crippen molar-refractivity contribution in [2.75, 3.05) is 7.05 Å². The summed E-state index contributed by atoms with van der Waals surface area (Å²) in [4.78, 5) is 13.1. The smallest absolute Gasteiger partial charge is 0.410 e. The molecule has 0 spiro atoms. The van der Waals surface area contributed by atoms with E-state index in [1.54, 1.807) is 13.1 Å². The zero-order valence-corrected chi connectivity index (χ0v) is 10.4. The number of hydrogen-bond acceptors (Lipinski definition) is 4. The molecular formula is C11H16N4O2. The minimum Gasteiger partial charge on any atom is -0.444 e. The molecule has 1 N–H and O–H groups in total. The second kappa shape index (κ2) is 4.87. The minimum absolute atomic E-state index is 0.303. The monoisotopic (exact) mass is 236 g/mol. The van der Waals surface area contributed by atoms with Crippen LogP contribution in [0.3, 0.4) is 0 Å². The first-order valence-corrected chi connectivity index (χ1v) is 5.20. The van der Waals surface area contributed by atoms with Crippen molar-refractivity contribution in [3.05, 3.63) is 17.5 Å². The number of carbonyl (C=O) groups is 1. The van der Waals surface area contributed by atoms with Crippen molar-refractivity contribution in [3.63, 3.8) is 0 Å². The molecule has 17 heavy (non-hydrogen) atoms. The quantitative estimate of drug-likeness (QED) is 0.846. The highest BCUT2D eigenvalue weighted by atomic mass is 16.6. The number of H-pyrrole nitrogens is 1. The number of nitriles is 1. The number of carbonyl (C=O) groups excluding carboxylic acids is 1. The van der Waals surface area contributed by atoms with Crippen molar-refractivity contribution < 1.29 is 9.53 Å². The van der Waals surface area contributed by atoms with E-state index in [4.69, 9.17) is 10.00 Å². The molecule has 1 heterocycles. The summed E-state index contributed by atoms with van der Waals surface area (Å²) in [5.74, 6) is 0. The maximum absolute atomic E-state index is 11.6. The fourth-order valence-electron chi connectivity index (χ4n) is 1.16. The van der Waals surface area contributed by atoms with E-state index in [0.29, 0.717) is 17.9 Å². The lowest BCUT2D eigenvalue weighted by atomic mass is 10.2. The van der Waals surface area contributed by atoms with Crippen molar-refractivity contribution in [2.24, 2.45) is 0 Å². The van der Waals surface area contributed by atoms with Gasteiger partial charge in [-0.2, -0.15) is 10.4 Å². The molecule has 0 saturated heterocycles. The average Bonchev–Trinajstić information content (AvgIpc) is 2.62. The van der Waals surface area contributed by atoms with Gasteiger partial charge in [0.15, 0.2) is 5.69 Å². The van der Waals surface area contributed by atoms with Crippen molar-refractivity contribution in [1.29, 1.82) is 5.26 Å². The molecule has 6 heteroatoms. The van der Waals surface area contributed by atoms with Crippen LogP contribution >= 0.6 is 0 Å². The van der Waals surface area contributed by atoms with Crippen LogP contribution in [0.25, 0.3) is 0 Å². The molecule has 0 fully saturated rings. The zero-order valence-electron chi connectivity index (χ0n) is 10.4. The molecule has 1 rings (SSSR count). The number of nitrogens with one attached hydrogen (secondary N) is 1. The van der Waals surface area contributed by atoms with Crippen molar-refractivity contribution in [3.8, 4) is 6.07 Å². The Morgan fingerprint density at radius 1 is 1.65 bits per heavy atom. The molecule has 1 amide bonds. The van der Waals surface area contributed by atoms with E-state index in [0.717, 1.165) is 0 Å². The third-order valence-electron chi connectivity index (χ3n) is 1.86. The van der Waals surface area contributed by atoms with Crippen LogP contribution < -0.4 is 0 Å². The van der Waals surface area contributed by atoms with Crippen molar-refractivity contribution >= 4 is 6.09 Å². The largest absolute Gasteiger partial charge is 0.444 e. The van der Waals surface area contributed by atoms with Gasteiger partial charge in [-0.3, -0.25) is 5.10 Å². The van der Waals surface area contributed by atoms with Crippen LogP contribution in [0.1, 0.15) is 32.2 Å². The van der Waals surface area contributed by atoms with Gasteiger partial charge in [-0.25, -0.2) is 4.79 Å². The Balaban J connectivity index is 2.57. The van der Waals surface area contributed by atoms with Gasteiger partial charge in [0, 0.05) is 7.05 Å². The van der Waals surface area contributed by atoms with Crippen LogP contribution in [0.15, 0.2) is 6.07 Å². The number of hydrogen-bond donors (Lipinski definition) is 1. The molecule has 6 nitrogen and oxygen atoms in total. The second-order valence-electron chi connectivity index (χ2n) is 4.73. The number of aromatic nitrogens is 2. The summed E-state index contributed by atoms with van der Waals surface area (Å²) in [7, 11) is 1.63. The van der Waals surface area contributed by atoms with Gasteiger partial charge < -0.3 is 9.64 Å². The number of aromatic amines is 1. The van der Waals surface area contributed by atoms with E-state index < -0.39 is 11.7 Å². The van der Waals surface area contributed by atoms with Crippen molar-refractivity contribution in [2.45, 2.75) is 32.9 Å². The Morgan fingerprint density at radius 3 is 2.76 bits per heavy atom. The van der Waals surface area contributed by atoms with Crippen LogP contribution in [0.4, 0.5) is 4.79 Å². The minimum atomic E-state index is -0.517. The number of ether oxygens (including phenoxy) is 1. The Morgan fingerprint density at radius 2 is 2.29 bits per heavy atom. The summed E-state index contributed by atoms with van der Waals surface area (Å²) >= 11 is 0. The van der Waals surface area contributed by atoms with E-state index in [1.165, 1.54) is 4.90 Å². The summed E-state index contributed by atoms with van der Waals surface area (Å²) in [6, 6.07) is 3.51. The molecule has 0 unspecified atom stereocenters. The second-order valence-corrected chi connectivity index (χ2v) is 4.73. The highest BCUT2D eigenvalue weighted by molar-refractivity contribution is 5.67. The number of nitrogens with zero attached hydrogens (tertiary/aromatic N) is 3. The van der Waals surface area contributed by atoms with Crippen molar-refractivity contribution in [1.82, 2.24) is 15.1 Å². The molecule has 0 saturated carbocycles. The van der Waals surface area contributed by atoms with E-state index in [-0.39, 0.29) is 0 Å². The molecular weight excluding hydrogens is 220 g/mol.